The molecule has 0 radical (unpaired) electrons. The molecule has 5 heteroatoms. The lowest BCUT2D eigenvalue weighted by Crippen LogP contribution is -2.08. The van der Waals surface area contributed by atoms with Crippen LogP contribution in [0.2, 0.25) is 0 Å². The van der Waals surface area contributed by atoms with Crippen LogP contribution in [0.5, 0.6) is 5.75 Å². The Morgan fingerprint density at radius 1 is 1.20 bits per heavy atom. The number of hydrogen-bond acceptors (Lipinski definition) is 2. The van der Waals surface area contributed by atoms with Crippen LogP contribution in [0, 0.1) is 11.6 Å². The Morgan fingerprint density at radius 3 is 2.60 bits per heavy atom. The second kappa shape index (κ2) is 6.33. The number of para-hydroxylation sites is 1. The molecule has 0 amide bonds. The third kappa shape index (κ3) is 2.83. The Labute approximate surface area is 124 Å². The Morgan fingerprint density at radius 2 is 1.90 bits per heavy atom. The van der Waals surface area contributed by atoms with Crippen LogP contribution in [-0.2, 0) is 0 Å². The molecule has 2 nitrogen and oxygen atoms in total. The fourth-order valence-electron chi connectivity index (χ4n) is 1.94. The van der Waals surface area contributed by atoms with Crippen molar-refractivity contribution < 1.29 is 18.6 Å². The second-order valence-corrected chi connectivity index (χ2v) is 4.98. The summed E-state index contributed by atoms with van der Waals surface area (Å²) in [7, 11) is 0. The fraction of sp³-hybridized carbons (Fsp3) is 0.200. The zero-order valence-corrected chi connectivity index (χ0v) is 12.3. The zero-order chi connectivity index (χ0) is 14.7. The monoisotopic (exact) mass is 342 g/mol. The van der Waals surface area contributed by atoms with Crippen molar-refractivity contribution in [2.75, 3.05) is 6.61 Å². The van der Waals surface area contributed by atoms with Crippen LogP contribution in [-0.4, -0.2) is 11.7 Å². The van der Waals surface area contributed by atoms with Crippen molar-refractivity contribution >= 4 is 15.9 Å². The molecule has 0 spiro atoms. The predicted octanol–water partition coefficient (Wildman–Crippen LogP) is 4.21. The summed E-state index contributed by atoms with van der Waals surface area (Å²) in [4.78, 5) is 0. The van der Waals surface area contributed by atoms with Gasteiger partial charge in [0.2, 0.25) is 0 Å². The van der Waals surface area contributed by atoms with Gasteiger partial charge in [0.25, 0.3) is 0 Å². The first-order chi connectivity index (χ1) is 9.56. The van der Waals surface area contributed by atoms with Gasteiger partial charge >= 0.3 is 0 Å². The van der Waals surface area contributed by atoms with Crippen LogP contribution in [0.4, 0.5) is 8.78 Å². The molecule has 0 aliphatic rings. The van der Waals surface area contributed by atoms with E-state index in [1.54, 1.807) is 31.2 Å². The summed E-state index contributed by atoms with van der Waals surface area (Å²) in [5.74, 6) is -1.21. The number of halogens is 3. The van der Waals surface area contributed by atoms with Gasteiger partial charge in [0.15, 0.2) is 0 Å². The van der Waals surface area contributed by atoms with E-state index >= 15 is 0 Å². The van der Waals surface area contributed by atoms with Gasteiger partial charge in [0.05, 0.1) is 16.6 Å². The molecular weight excluding hydrogens is 330 g/mol. The van der Waals surface area contributed by atoms with Gasteiger partial charge < -0.3 is 9.84 Å². The summed E-state index contributed by atoms with van der Waals surface area (Å²) in [6.07, 6.45) is -1.43. The van der Waals surface area contributed by atoms with Gasteiger partial charge in [-0.1, -0.05) is 18.2 Å². The SMILES string of the molecule is CCOc1ccccc1C(O)c1c(F)ccc(Br)c1F. The van der Waals surface area contributed by atoms with E-state index in [0.29, 0.717) is 17.9 Å². The van der Waals surface area contributed by atoms with E-state index in [-0.39, 0.29) is 4.47 Å². The van der Waals surface area contributed by atoms with E-state index in [1.165, 1.54) is 6.07 Å². The Hall–Kier alpha value is -1.46. The third-order valence-electron chi connectivity index (χ3n) is 2.87. The minimum atomic E-state index is -1.43. The average molecular weight is 343 g/mol. The van der Waals surface area contributed by atoms with Gasteiger partial charge in [-0.05, 0) is 41.1 Å². The summed E-state index contributed by atoms with van der Waals surface area (Å²) >= 11 is 2.99. The van der Waals surface area contributed by atoms with Crippen LogP contribution < -0.4 is 4.74 Å². The van der Waals surface area contributed by atoms with Gasteiger partial charge in [0, 0.05) is 5.56 Å². The standard InChI is InChI=1S/C15H13BrF2O2/c1-2-20-12-6-4-3-5-9(12)15(19)13-11(17)8-7-10(16)14(13)18/h3-8,15,19H,2H2,1H3. The quantitative estimate of drug-likeness (QED) is 0.843. The molecule has 1 N–H and O–H groups in total. The first-order valence-corrected chi connectivity index (χ1v) is 6.88. The first kappa shape index (κ1) is 14.9. The van der Waals surface area contributed by atoms with E-state index in [2.05, 4.69) is 15.9 Å². The normalized spacial score (nSPS) is 12.2. The topological polar surface area (TPSA) is 29.5 Å². The van der Waals surface area contributed by atoms with Gasteiger partial charge in [-0.25, -0.2) is 8.78 Å². The van der Waals surface area contributed by atoms with Crippen molar-refractivity contribution in [1.82, 2.24) is 0 Å². The van der Waals surface area contributed by atoms with Crippen molar-refractivity contribution in [3.05, 3.63) is 63.6 Å². The molecule has 0 saturated carbocycles. The molecule has 0 aliphatic carbocycles. The highest BCUT2D eigenvalue weighted by molar-refractivity contribution is 9.10. The molecule has 2 aromatic rings. The highest BCUT2D eigenvalue weighted by Crippen LogP contribution is 2.34. The van der Waals surface area contributed by atoms with Crippen molar-refractivity contribution in [2.24, 2.45) is 0 Å². The largest absolute Gasteiger partial charge is 0.493 e. The zero-order valence-electron chi connectivity index (χ0n) is 10.7. The van der Waals surface area contributed by atoms with E-state index in [9.17, 15) is 13.9 Å². The van der Waals surface area contributed by atoms with Gasteiger partial charge in [-0.15, -0.1) is 0 Å². The molecular formula is C15H13BrF2O2. The van der Waals surface area contributed by atoms with Crippen LogP contribution in [0.15, 0.2) is 40.9 Å². The molecule has 2 aromatic carbocycles. The van der Waals surface area contributed by atoms with Crippen LogP contribution in [0.25, 0.3) is 0 Å². The van der Waals surface area contributed by atoms with E-state index in [0.717, 1.165) is 6.07 Å². The maximum absolute atomic E-state index is 14.0. The summed E-state index contributed by atoms with van der Waals surface area (Å²) < 4.78 is 33.3. The van der Waals surface area contributed by atoms with E-state index in [4.69, 9.17) is 4.74 Å². The average Bonchev–Trinajstić information content (AvgIpc) is 2.44. The van der Waals surface area contributed by atoms with Crippen molar-refractivity contribution in [3.8, 4) is 5.75 Å². The second-order valence-electron chi connectivity index (χ2n) is 4.13. The summed E-state index contributed by atoms with van der Waals surface area (Å²) in [5.41, 5.74) is -0.0724. The predicted molar refractivity (Wildman–Crippen MR) is 75.7 cm³/mol. The van der Waals surface area contributed by atoms with Gasteiger partial charge in [0.1, 0.15) is 23.5 Å². The summed E-state index contributed by atoms with van der Waals surface area (Å²) in [6, 6.07) is 9.00. The maximum atomic E-state index is 14.0. The number of hydrogen-bond donors (Lipinski definition) is 1. The highest BCUT2D eigenvalue weighted by Gasteiger charge is 2.24. The lowest BCUT2D eigenvalue weighted by molar-refractivity contribution is 0.201. The summed E-state index contributed by atoms with van der Waals surface area (Å²) in [5, 5.41) is 10.3. The smallest absolute Gasteiger partial charge is 0.146 e. The van der Waals surface area contributed by atoms with E-state index in [1.807, 2.05) is 0 Å². The number of benzene rings is 2. The Kier molecular flexibility index (Phi) is 4.73. The molecule has 0 fully saturated rings. The minimum absolute atomic E-state index is 0.0989. The van der Waals surface area contributed by atoms with Gasteiger partial charge in [-0.2, -0.15) is 0 Å². The molecule has 20 heavy (non-hydrogen) atoms. The van der Waals surface area contributed by atoms with Crippen molar-refractivity contribution in [1.29, 1.82) is 0 Å². The minimum Gasteiger partial charge on any atom is -0.493 e. The number of aliphatic hydroxyl groups excluding tert-OH is 1. The van der Waals surface area contributed by atoms with Crippen LogP contribution in [0.1, 0.15) is 24.2 Å². The number of ether oxygens (including phenoxy) is 1. The van der Waals surface area contributed by atoms with Gasteiger partial charge in [-0.3, -0.25) is 0 Å². The molecule has 0 bridgehead atoms. The molecule has 1 atom stereocenters. The maximum Gasteiger partial charge on any atom is 0.146 e. The fourth-order valence-corrected chi connectivity index (χ4v) is 2.29. The first-order valence-electron chi connectivity index (χ1n) is 6.09. The van der Waals surface area contributed by atoms with E-state index < -0.39 is 23.3 Å². The molecule has 0 aromatic heterocycles. The third-order valence-corrected chi connectivity index (χ3v) is 3.48. The lowest BCUT2D eigenvalue weighted by Gasteiger charge is -2.17. The molecule has 2 rings (SSSR count). The van der Waals surface area contributed by atoms with Crippen molar-refractivity contribution in [2.45, 2.75) is 13.0 Å². The Balaban J connectivity index is 2.52. The number of aliphatic hydroxyl groups is 1. The Bertz CT molecular complexity index is 617. The van der Waals surface area contributed by atoms with Crippen LogP contribution >= 0.6 is 15.9 Å². The molecule has 0 heterocycles. The highest BCUT2D eigenvalue weighted by atomic mass is 79.9. The molecule has 106 valence electrons. The number of rotatable bonds is 4. The summed E-state index contributed by atoms with van der Waals surface area (Å²) in [6.45, 7) is 2.19. The molecule has 0 aliphatic heterocycles. The van der Waals surface area contributed by atoms with Crippen LogP contribution in [0.3, 0.4) is 0 Å². The lowest BCUT2D eigenvalue weighted by atomic mass is 9.99. The molecule has 1 unspecified atom stereocenters. The molecule has 0 saturated heterocycles. The van der Waals surface area contributed by atoms with Crippen molar-refractivity contribution in [3.63, 3.8) is 0 Å².